The van der Waals surface area contributed by atoms with Crippen LogP contribution in [0.2, 0.25) is 0 Å². The zero-order chi connectivity index (χ0) is 9.10. The smallest absolute Gasteiger partial charge is 0.186 e. The van der Waals surface area contributed by atoms with E-state index in [0.717, 1.165) is 5.56 Å². The van der Waals surface area contributed by atoms with E-state index in [1.807, 2.05) is 18.2 Å². The van der Waals surface area contributed by atoms with Crippen molar-refractivity contribution in [2.45, 2.75) is 0 Å². The molecule has 1 aliphatic heterocycles. The molecule has 3 nitrogen and oxygen atoms in total. The Balaban J connectivity index is 2.45. The molecule has 3 heteroatoms. The first-order valence-corrected chi connectivity index (χ1v) is 3.85. The molecule has 0 amide bonds. The van der Waals surface area contributed by atoms with Crippen LogP contribution in [-0.2, 0) is 4.79 Å². The van der Waals surface area contributed by atoms with E-state index in [4.69, 9.17) is 4.74 Å². The normalized spacial score (nSPS) is 13.7. The Hall–Kier alpha value is -1.90. The van der Waals surface area contributed by atoms with Crippen LogP contribution < -0.4 is 4.74 Å². The lowest BCUT2D eigenvalue weighted by molar-refractivity contribution is -0.106. The minimum absolute atomic E-state index is 0.223. The van der Waals surface area contributed by atoms with Crippen molar-refractivity contribution in [3.63, 3.8) is 0 Å². The van der Waals surface area contributed by atoms with Gasteiger partial charge in [-0.2, -0.15) is 0 Å². The summed E-state index contributed by atoms with van der Waals surface area (Å²) in [5.41, 5.74) is 0.871. The Morgan fingerprint density at radius 2 is 2.15 bits per heavy atom. The Morgan fingerprint density at radius 3 is 3.00 bits per heavy atom. The third kappa shape index (κ3) is 1.49. The van der Waals surface area contributed by atoms with E-state index in [1.54, 1.807) is 12.3 Å². The van der Waals surface area contributed by atoms with Crippen LogP contribution >= 0.6 is 0 Å². The molecular weight excluding hydrogens is 166 g/mol. The van der Waals surface area contributed by atoms with Gasteiger partial charge in [-0.25, -0.2) is 0 Å². The third-order valence-corrected chi connectivity index (χ3v) is 1.68. The maximum absolute atomic E-state index is 10.5. The van der Waals surface area contributed by atoms with Gasteiger partial charge < -0.3 is 4.74 Å². The van der Waals surface area contributed by atoms with Gasteiger partial charge in [0.05, 0.1) is 6.20 Å². The largest absolute Gasteiger partial charge is 0.452 e. The van der Waals surface area contributed by atoms with E-state index >= 15 is 0 Å². The van der Waals surface area contributed by atoms with Gasteiger partial charge in [0, 0.05) is 11.8 Å². The molecule has 0 N–H and O–H groups in total. The molecule has 0 atom stereocenters. The van der Waals surface area contributed by atoms with Crippen LogP contribution in [0.4, 0.5) is 0 Å². The molecule has 0 saturated carbocycles. The zero-order valence-corrected chi connectivity index (χ0v) is 6.81. The van der Waals surface area contributed by atoms with E-state index in [2.05, 4.69) is 4.99 Å². The molecule has 0 spiro atoms. The van der Waals surface area contributed by atoms with Crippen molar-refractivity contribution in [3.8, 4) is 5.75 Å². The molecule has 2 rings (SSSR count). The minimum atomic E-state index is 0.223. The number of aliphatic imine (C=N–C) groups is 1. The first kappa shape index (κ1) is 7.73. The number of carbonyl (C=O) groups is 1. The topological polar surface area (TPSA) is 38.7 Å². The monoisotopic (exact) mass is 173 g/mol. The fourth-order valence-corrected chi connectivity index (χ4v) is 1.08. The molecule has 0 fully saturated rings. The predicted molar refractivity (Wildman–Crippen MR) is 48.8 cm³/mol. The molecule has 0 aliphatic carbocycles. The quantitative estimate of drug-likeness (QED) is 0.604. The van der Waals surface area contributed by atoms with Gasteiger partial charge in [-0.3, -0.25) is 9.79 Å². The minimum Gasteiger partial charge on any atom is -0.452 e. The Kier molecular flexibility index (Phi) is 1.92. The van der Waals surface area contributed by atoms with Crippen molar-refractivity contribution in [2.75, 3.05) is 0 Å². The molecule has 1 aromatic rings. The summed E-state index contributed by atoms with van der Waals surface area (Å²) < 4.78 is 5.27. The van der Waals surface area contributed by atoms with Crippen LogP contribution in [-0.4, -0.2) is 12.5 Å². The van der Waals surface area contributed by atoms with Crippen LogP contribution in [0.25, 0.3) is 0 Å². The molecule has 64 valence electrons. The molecule has 1 aromatic carbocycles. The zero-order valence-electron chi connectivity index (χ0n) is 6.81. The van der Waals surface area contributed by atoms with E-state index < -0.39 is 0 Å². The number of hydrogen-bond acceptors (Lipinski definition) is 3. The average molecular weight is 173 g/mol. The number of hydrogen-bond donors (Lipinski definition) is 0. The van der Waals surface area contributed by atoms with Crippen LogP contribution in [0, 0.1) is 0 Å². The highest BCUT2D eigenvalue weighted by Gasteiger charge is 2.05. The average Bonchev–Trinajstić information content (AvgIpc) is 2.38. The maximum atomic E-state index is 10.5. The summed E-state index contributed by atoms with van der Waals surface area (Å²) in [5.74, 6) is 0.878. The van der Waals surface area contributed by atoms with Crippen molar-refractivity contribution >= 4 is 12.5 Å². The third-order valence-electron chi connectivity index (χ3n) is 1.68. The molecule has 0 aromatic heterocycles. The van der Waals surface area contributed by atoms with Crippen molar-refractivity contribution in [2.24, 2.45) is 4.99 Å². The first-order valence-electron chi connectivity index (χ1n) is 3.85. The van der Waals surface area contributed by atoms with E-state index in [0.29, 0.717) is 12.0 Å². The molecule has 0 unspecified atom stereocenters. The summed E-state index contributed by atoms with van der Waals surface area (Å²) in [4.78, 5) is 14.4. The van der Waals surface area contributed by atoms with Gasteiger partial charge in [-0.1, -0.05) is 12.1 Å². The Bertz CT molecular complexity index is 394. The van der Waals surface area contributed by atoms with Crippen LogP contribution in [0.3, 0.4) is 0 Å². The summed E-state index contributed by atoms with van der Waals surface area (Å²) in [7, 11) is 0. The van der Waals surface area contributed by atoms with Crippen molar-refractivity contribution in [1.82, 2.24) is 0 Å². The van der Waals surface area contributed by atoms with Gasteiger partial charge in [0.2, 0.25) is 0 Å². The first-order chi connectivity index (χ1) is 6.40. The fraction of sp³-hybridized carbons (Fsp3) is 0. The lowest BCUT2D eigenvalue weighted by atomic mass is 10.2. The Morgan fingerprint density at radius 1 is 1.31 bits per heavy atom. The number of fused-ring (bicyclic) bond motifs is 1. The molecular formula is C10H7NO2. The maximum Gasteiger partial charge on any atom is 0.186 e. The number of carbonyl (C=O) groups excluding carboxylic acids is 1. The number of nitrogens with zero attached hydrogens (tertiary/aromatic N) is 1. The van der Waals surface area contributed by atoms with Crippen molar-refractivity contribution in [3.05, 3.63) is 41.8 Å². The summed E-state index contributed by atoms with van der Waals surface area (Å²) in [6.45, 7) is 0. The van der Waals surface area contributed by atoms with Crippen LogP contribution in [0.1, 0.15) is 5.56 Å². The number of benzene rings is 1. The number of ether oxygens (including phenoxy) is 1. The summed E-state index contributed by atoms with van der Waals surface area (Å²) >= 11 is 0. The highest BCUT2D eigenvalue weighted by Crippen LogP contribution is 2.19. The second kappa shape index (κ2) is 3.23. The molecule has 13 heavy (non-hydrogen) atoms. The van der Waals surface area contributed by atoms with Crippen LogP contribution in [0.5, 0.6) is 5.75 Å². The molecule has 0 saturated heterocycles. The van der Waals surface area contributed by atoms with Gasteiger partial charge in [-0.15, -0.1) is 0 Å². The summed E-state index contributed by atoms with van der Waals surface area (Å²) in [6.07, 6.45) is 3.69. The number of para-hydroxylation sites is 1. The molecule has 0 bridgehead atoms. The lowest BCUT2D eigenvalue weighted by Crippen LogP contribution is -1.96. The SMILES string of the molecule is O=CC1=CN=Cc2ccccc2O1. The Labute approximate surface area is 75.4 Å². The highest BCUT2D eigenvalue weighted by atomic mass is 16.5. The highest BCUT2D eigenvalue weighted by molar-refractivity contribution is 5.86. The fourth-order valence-electron chi connectivity index (χ4n) is 1.08. The molecule has 1 heterocycles. The van der Waals surface area contributed by atoms with Gasteiger partial charge >= 0.3 is 0 Å². The lowest BCUT2D eigenvalue weighted by Gasteiger charge is -2.03. The summed E-state index contributed by atoms with van der Waals surface area (Å²) in [6, 6.07) is 7.41. The van der Waals surface area contributed by atoms with E-state index in [-0.39, 0.29) is 5.76 Å². The van der Waals surface area contributed by atoms with Gasteiger partial charge in [0.1, 0.15) is 5.75 Å². The molecule has 1 aliphatic rings. The predicted octanol–water partition coefficient (Wildman–Crippen LogP) is 1.54. The van der Waals surface area contributed by atoms with Gasteiger partial charge in [0.15, 0.2) is 12.0 Å². The number of rotatable bonds is 1. The molecule has 0 radical (unpaired) electrons. The second-order valence-electron chi connectivity index (χ2n) is 2.57. The van der Waals surface area contributed by atoms with Gasteiger partial charge in [-0.05, 0) is 12.1 Å². The van der Waals surface area contributed by atoms with Crippen molar-refractivity contribution in [1.29, 1.82) is 0 Å². The number of allylic oxidation sites excluding steroid dienone is 1. The summed E-state index contributed by atoms with van der Waals surface area (Å²) in [5, 5.41) is 0. The van der Waals surface area contributed by atoms with E-state index in [9.17, 15) is 4.79 Å². The second-order valence-corrected chi connectivity index (χ2v) is 2.57. The number of aldehydes is 1. The van der Waals surface area contributed by atoms with E-state index in [1.165, 1.54) is 6.20 Å². The van der Waals surface area contributed by atoms with Crippen molar-refractivity contribution < 1.29 is 9.53 Å². The van der Waals surface area contributed by atoms with Crippen LogP contribution in [0.15, 0.2) is 41.2 Å². The van der Waals surface area contributed by atoms with Gasteiger partial charge in [0.25, 0.3) is 0 Å². The standard InChI is InChI=1S/C10H7NO2/c12-7-9-6-11-5-8-3-1-2-4-10(8)13-9/h1-7H.